The average molecular weight is 316 g/mol. The predicted octanol–water partition coefficient (Wildman–Crippen LogP) is 4.42. The Hall–Kier alpha value is -0.0700. The second-order valence-corrected chi connectivity index (χ2v) is 5.94. The minimum absolute atomic E-state index is 0.523. The number of hydrogen-bond donors (Lipinski definition) is 1. The van der Waals surface area contributed by atoms with E-state index in [1.807, 2.05) is 6.92 Å². The highest BCUT2D eigenvalue weighted by molar-refractivity contribution is 9.11. The summed E-state index contributed by atoms with van der Waals surface area (Å²) in [4.78, 5) is 0.726. The standard InChI is InChI=1S/C10H13BrF3NS/c1-3-15-7(5-10(12,13)14)8-4-6(2)9(11)16-8/h4,7,15H,3,5H2,1-2H3. The highest BCUT2D eigenvalue weighted by atomic mass is 79.9. The maximum atomic E-state index is 12.4. The third-order valence-electron chi connectivity index (χ3n) is 2.11. The van der Waals surface area contributed by atoms with Crippen molar-refractivity contribution in [1.29, 1.82) is 0 Å². The van der Waals surface area contributed by atoms with Crippen molar-refractivity contribution in [2.24, 2.45) is 0 Å². The fourth-order valence-corrected chi connectivity index (χ4v) is 3.05. The van der Waals surface area contributed by atoms with E-state index in [2.05, 4.69) is 21.2 Å². The molecule has 92 valence electrons. The van der Waals surface area contributed by atoms with Crippen LogP contribution in [0.25, 0.3) is 0 Å². The van der Waals surface area contributed by atoms with E-state index in [0.717, 1.165) is 14.2 Å². The first-order chi connectivity index (χ1) is 7.33. The third kappa shape index (κ3) is 4.07. The number of hydrogen-bond acceptors (Lipinski definition) is 2. The van der Waals surface area contributed by atoms with Crippen molar-refractivity contribution in [2.75, 3.05) is 6.54 Å². The molecule has 0 saturated carbocycles. The maximum absolute atomic E-state index is 12.4. The predicted molar refractivity (Wildman–Crippen MR) is 63.8 cm³/mol. The Bertz CT molecular complexity index is 329. The smallest absolute Gasteiger partial charge is 0.309 e. The van der Waals surface area contributed by atoms with Crippen LogP contribution >= 0.6 is 27.3 Å². The van der Waals surface area contributed by atoms with Gasteiger partial charge in [-0.3, -0.25) is 0 Å². The third-order valence-corrected chi connectivity index (χ3v) is 4.36. The normalized spacial score (nSPS) is 14.1. The first kappa shape index (κ1) is 14.0. The van der Waals surface area contributed by atoms with Crippen LogP contribution in [0.3, 0.4) is 0 Å². The molecule has 0 radical (unpaired) electrons. The molecule has 1 heterocycles. The van der Waals surface area contributed by atoms with Crippen LogP contribution in [0.4, 0.5) is 13.2 Å². The Balaban J connectivity index is 2.85. The summed E-state index contributed by atoms with van der Waals surface area (Å²) in [5.41, 5.74) is 0.977. The topological polar surface area (TPSA) is 12.0 Å². The number of aryl methyl sites for hydroxylation is 1. The Kier molecular flexibility index (Phi) is 4.82. The summed E-state index contributed by atoms with van der Waals surface area (Å²) in [6.45, 7) is 4.20. The number of halogens is 4. The second kappa shape index (κ2) is 5.51. The maximum Gasteiger partial charge on any atom is 0.390 e. The first-order valence-electron chi connectivity index (χ1n) is 4.89. The highest BCUT2D eigenvalue weighted by Gasteiger charge is 2.33. The van der Waals surface area contributed by atoms with Gasteiger partial charge in [-0.2, -0.15) is 13.2 Å². The minimum atomic E-state index is -4.14. The molecule has 6 heteroatoms. The summed E-state index contributed by atoms with van der Waals surface area (Å²) in [5, 5.41) is 2.87. The van der Waals surface area contributed by atoms with Gasteiger partial charge in [0.15, 0.2) is 0 Å². The lowest BCUT2D eigenvalue weighted by molar-refractivity contribution is -0.140. The molecule has 16 heavy (non-hydrogen) atoms. The van der Waals surface area contributed by atoms with Crippen molar-refractivity contribution in [3.8, 4) is 0 Å². The summed E-state index contributed by atoms with van der Waals surface area (Å²) in [5.74, 6) is 0. The van der Waals surface area contributed by atoms with Gasteiger partial charge in [-0.15, -0.1) is 11.3 Å². The Labute approximate surface area is 105 Å². The van der Waals surface area contributed by atoms with Crippen molar-refractivity contribution < 1.29 is 13.2 Å². The van der Waals surface area contributed by atoms with Crippen LogP contribution in [-0.2, 0) is 0 Å². The molecule has 0 aromatic carbocycles. The Morgan fingerprint density at radius 1 is 1.50 bits per heavy atom. The van der Waals surface area contributed by atoms with Gasteiger partial charge in [-0.1, -0.05) is 6.92 Å². The zero-order valence-corrected chi connectivity index (χ0v) is 11.4. The molecule has 1 aromatic heterocycles. The lowest BCUT2D eigenvalue weighted by Crippen LogP contribution is -2.25. The van der Waals surface area contributed by atoms with Crippen molar-refractivity contribution in [3.05, 3.63) is 20.3 Å². The van der Waals surface area contributed by atoms with E-state index < -0.39 is 18.6 Å². The number of rotatable bonds is 4. The quantitative estimate of drug-likeness (QED) is 0.867. The largest absolute Gasteiger partial charge is 0.390 e. The van der Waals surface area contributed by atoms with Crippen LogP contribution < -0.4 is 5.32 Å². The van der Waals surface area contributed by atoms with E-state index >= 15 is 0 Å². The summed E-state index contributed by atoms with van der Waals surface area (Å²) in [6, 6.07) is 1.16. The van der Waals surface area contributed by atoms with Crippen LogP contribution in [0.2, 0.25) is 0 Å². The van der Waals surface area contributed by atoms with Crippen molar-refractivity contribution in [1.82, 2.24) is 5.32 Å². The molecular weight excluding hydrogens is 303 g/mol. The molecule has 0 aliphatic rings. The fraction of sp³-hybridized carbons (Fsp3) is 0.600. The SMILES string of the molecule is CCNC(CC(F)(F)F)c1cc(C)c(Br)s1. The van der Waals surface area contributed by atoms with E-state index in [9.17, 15) is 13.2 Å². The number of thiophene rings is 1. The molecule has 1 unspecified atom stereocenters. The van der Waals surface area contributed by atoms with Gasteiger partial charge in [0.25, 0.3) is 0 Å². The molecule has 1 aromatic rings. The van der Waals surface area contributed by atoms with Crippen molar-refractivity contribution in [2.45, 2.75) is 32.5 Å². The zero-order chi connectivity index (χ0) is 12.3. The van der Waals surface area contributed by atoms with Gasteiger partial charge in [-0.25, -0.2) is 0 Å². The minimum Gasteiger partial charge on any atom is -0.309 e. The summed E-state index contributed by atoms with van der Waals surface area (Å²) in [7, 11) is 0. The van der Waals surface area contributed by atoms with E-state index in [-0.39, 0.29) is 0 Å². The molecule has 1 atom stereocenters. The molecular formula is C10H13BrF3NS. The van der Waals surface area contributed by atoms with Gasteiger partial charge in [0, 0.05) is 4.88 Å². The van der Waals surface area contributed by atoms with Crippen molar-refractivity contribution >= 4 is 27.3 Å². The molecule has 0 spiro atoms. The molecule has 0 aliphatic carbocycles. The van der Waals surface area contributed by atoms with Crippen LogP contribution in [0, 0.1) is 6.92 Å². The number of nitrogens with one attached hydrogen (secondary N) is 1. The van der Waals surface area contributed by atoms with Gasteiger partial charge in [0.2, 0.25) is 0 Å². The Morgan fingerprint density at radius 3 is 2.50 bits per heavy atom. The molecule has 0 bridgehead atoms. The van der Waals surface area contributed by atoms with Crippen molar-refractivity contribution in [3.63, 3.8) is 0 Å². The van der Waals surface area contributed by atoms with Crippen LogP contribution in [0.1, 0.15) is 29.8 Å². The molecule has 0 saturated heterocycles. The monoisotopic (exact) mass is 315 g/mol. The molecule has 0 amide bonds. The average Bonchev–Trinajstić information content (AvgIpc) is 2.44. The van der Waals surface area contributed by atoms with Gasteiger partial charge in [0.05, 0.1) is 16.2 Å². The van der Waals surface area contributed by atoms with Gasteiger partial charge < -0.3 is 5.32 Å². The molecule has 0 aliphatic heterocycles. The Morgan fingerprint density at radius 2 is 2.12 bits per heavy atom. The first-order valence-corrected chi connectivity index (χ1v) is 6.50. The van der Waals surface area contributed by atoms with E-state index in [0.29, 0.717) is 6.54 Å². The van der Waals surface area contributed by atoms with Gasteiger partial charge in [0.1, 0.15) is 0 Å². The summed E-state index contributed by atoms with van der Waals surface area (Å²) >= 11 is 4.68. The van der Waals surface area contributed by atoms with Crippen LogP contribution in [-0.4, -0.2) is 12.7 Å². The second-order valence-electron chi connectivity index (χ2n) is 3.54. The summed E-state index contributed by atoms with van der Waals surface area (Å²) in [6.07, 6.45) is -4.97. The molecule has 1 N–H and O–H groups in total. The number of alkyl halides is 3. The lowest BCUT2D eigenvalue weighted by Gasteiger charge is -2.18. The van der Waals surface area contributed by atoms with E-state index in [1.165, 1.54) is 11.3 Å². The van der Waals surface area contributed by atoms with Crippen LogP contribution in [0.15, 0.2) is 9.85 Å². The molecule has 1 nitrogen and oxygen atoms in total. The highest BCUT2D eigenvalue weighted by Crippen LogP contribution is 2.36. The van der Waals surface area contributed by atoms with Gasteiger partial charge >= 0.3 is 6.18 Å². The fourth-order valence-electron chi connectivity index (χ4n) is 1.41. The zero-order valence-electron chi connectivity index (χ0n) is 8.99. The van der Waals surface area contributed by atoms with Gasteiger partial charge in [-0.05, 0) is 41.0 Å². The van der Waals surface area contributed by atoms with E-state index in [4.69, 9.17) is 0 Å². The van der Waals surface area contributed by atoms with E-state index in [1.54, 1.807) is 13.0 Å². The molecule has 0 fully saturated rings. The van der Waals surface area contributed by atoms with Crippen LogP contribution in [0.5, 0.6) is 0 Å². The molecule has 1 rings (SSSR count). The summed E-state index contributed by atoms with van der Waals surface area (Å²) < 4.78 is 38.0. The lowest BCUT2D eigenvalue weighted by atomic mass is 10.1.